The molecule has 1 atom stereocenters. The van der Waals surface area contributed by atoms with Crippen molar-refractivity contribution >= 4 is 12.1 Å². The quantitative estimate of drug-likeness (QED) is 0.790. The number of fused-ring (bicyclic) bond motifs is 2. The molecule has 0 unspecified atom stereocenters. The van der Waals surface area contributed by atoms with Crippen LogP contribution in [0.15, 0.2) is 0 Å². The highest BCUT2D eigenvalue weighted by Crippen LogP contribution is 2.48. The van der Waals surface area contributed by atoms with Gasteiger partial charge < -0.3 is 5.11 Å². The number of carboxylic acids is 1. The van der Waals surface area contributed by atoms with Gasteiger partial charge in [-0.1, -0.05) is 6.42 Å². The summed E-state index contributed by atoms with van der Waals surface area (Å²) in [5.74, 6) is 1.98. The zero-order chi connectivity index (χ0) is 12.8. The van der Waals surface area contributed by atoms with Crippen molar-refractivity contribution in [2.75, 3.05) is 20.1 Å². The predicted octanol–water partition coefficient (Wildman–Crippen LogP) is 0.855. The summed E-state index contributed by atoms with van der Waals surface area (Å²) in [4.78, 5) is 28.7. The maximum absolute atomic E-state index is 10.5. The van der Waals surface area contributed by atoms with E-state index in [-0.39, 0.29) is 12.7 Å². The number of carboxylic acid groups (broad SMARTS) is 1. The summed E-state index contributed by atoms with van der Waals surface area (Å²) in [6, 6.07) is 0. The van der Waals surface area contributed by atoms with Crippen molar-refractivity contribution in [2.24, 2.45) is 17.8 Å². The first-order valence-corrected chi connectivity index (χ1v) is 5.96. The van der Waals surface area contributed by atoms with Gasteiger partial charge in [-0.2, -0.15) is 9.59 Å². The Morgan fingerprint density at radius 2 is 1.94 bits per heavy atom. The lowest BCUT2D eigenvalue weighted by Gasteiger charge is -2.47. The SMILES string of the molecule is CN(CC(=O)O)C[C@H]1CCC2CC1C2.O=C=O. The molecule has 17 heavy (non-hydrogen) atoms. The molecule has 2 bridgehead atoms. The van der Waals surface area contributed by atoms with Crippen molar-refractivity contribution < 1.29 is 19.5 Å². The summed E-state index contributed by atoms with van der Waals surface area (Å²) < 4.78 is 0. The van der Waals surface area contributed by atoms with E-state index in [1.807, 2.05) is 11.9 Å². The highest BCUT2D eigenvalue weighted by Gasteiger charge is 2.39. The maximum atomic E-state index is 10.5. The molecule has 3 aliphatic carbocycles. The molecule has 0 aromatic heterocycles. The van der Waals surface area contributed by atoms with Gasteiger partial charge in [-0.05, 0) is 44.1 Å². The molecule has 1 N–H and O–H groups in total. The Labute approximate surface area is 101 Å². The van der Waals surface area contributed by atoms with Crippen LogP contribution in [0.5, 0.6) is 0 Å². The van der Waals surface area contributed by atoms with Gasteiger partial charge in [-0.3, -0.25) is 9.69 Å². The van der Waals surface area contributed by atoms with Crippen LogP contribution >= 0.6 is 0 Å². The molecule has 0 radical (unpaired) electrons. The molecular weight excluding hydrogens is 222 g/mol. The zero-order valence-corrected chi connectivity index (χ0v) is 10.1. The summed E-state index contributed by atoms with van der Waals surface area (Å²) in [5, 5.41) is 8.65. The normalized spacial score (nSPS) is 29.6. The molecule has 0 saturated heterocycles. The molecule has 3 saturated carbocycles. The predicted molar refractivity (Wildman–Crippen MR) is 59.1 cm³/mol. The minimum absolute atomic E-state index is 0.187. The van der Waals surface area contributed by atoms with Crippen molar-refractivity contribution in [2.45, 2.75) is 25.7 Å². The molecule has 0 spiro atoms. The zero-order valence-electron chi connectivity index (χ0n) is 10.1. The number of hydrogen-bond donors (Lipinski definition) is 1. The molecule has 0 amide bonds. The van der Waals surface area contributed by atoms with Crippen LogP contribution < -0.4 is 0 Å². The lowest BCUT2D eigenvalue weighted by molar-refractivity contribution is -0.191. The van der Waals surface area contributed by atoms with E-state index < -0.39 is 5.97 Å². The fourth-order valence-electron chi connectivity index (χ4n) is 3.03. The molecule has 0 aromatic carbocycles. The third-order valence-electron chi connectivity index (χ3n) is 3.84. The van der Waals surface area contributed by atoms with Crippen LogP contribution in [0.25, 0.3) is 0 Å². The average molecular weight is 241 g/mol. The van der Waals surface area contributed by atoms with Crippen molar-refractivity contribution in [1.82, 2.24) is 4.90 Å². The van der Waals surface area contributed by atoms with E-state index in [2.05, 4.69) is 0 Å². The summed E-state index contributed by atoms with van der Waals surface area (Å²) in [6.07, 6.45) is 5.76. The second-order valence-electron chi connectivity index (χ2n) is 5.11. The first-order chi connectivity index (χ1) is 8.06. The number of aliphatic carboxylic acids is 1. The lowest BCUT2D eigenvalue weighted by Crippen LogP contribution is -2.42. The van der Waals surface area contributed by atoms with E-state index in [0.717, 1.165) is 24.3 Å². The highest BCUT2D eigenvalue weighted by atomic mass is 16.4. The molecule has 96 valence electrons. The van der Waals surface area contributed by atoms with E-state index in [1.165, 1.54) is 25.7 Å². The summed E-state index contributed by atoms with van der Waals surface area (Å²) in [5.41, 5.74) is 0. The van der Waals surface area contributed by atoms with Gasteiger partial charge in [0.05, 0.1) is 6.54 Å². The van der Waals surface area contributed by atoms with Crippen LogP contribution in [0.4, 0.5) is 0 Å². The van der Waals surface area contributed by atoms with Gasteiger partial charge in [0.25, 0.3) is 0 Å². The number of hydrogen-bond acceptors (Lipinski definition) is 4. The third kappa shape index (κ3) is 4.29. The second-order valence-corrected chi connectivity index (χ2v) is 5.11. The van der Waals surface area contributed by atoms with Crippen molar-refractivity contribution in [1.29, 1.82) is 0 Å². The van der Waals surface area contributed by atoms with Gasteiger partial charge >= 0.3 is 12.1 Å². The van der Waals surface area contributed by atoms with Crippen molar-refractivity contribution in [3.63, 3.8) is 0 Å². The fraction of sp³-hybridized carbons (Fsp3) is 0.833. The van der Waals surface area contributed by atoms with Gasteiger partial charge in [0.1, 0.15) is 0 Å². The summed E-state index contributed by atoms with van der Waals surface area (Å²) >= 11 is 0. The van der Waals surface area contributed by atoms with Gasteiger partial charge in [0, 0.05) is 6.54 Å². The third-order valence-corrected chi connectivity index (χ3v) is 3.84. The van der Waals surface area contributed by atoms with E-state index >= 15 is 0 Å². The van der Waals surface area contributed by atoms with Crippen LogP contribution in [0, 0.1) is 17.8 Å². The van der Waals surface area contributed by atoms with Gasteiger partial charge in [-0.15, -0.1) is 0 Å². The summed E-state index contributed by atoms with van der Waals surface area (Å²) in [7, 11) is 1.92. The van der Waals surface area contributed by atoms with Crippen LogP contribution in [0.1, 0.15) is 25.7 Å². The molecule has 0 heterocycles. The van der Waals surface area contributed by atoms with E-state index in [9.17, 15) is 4.79 Å². The van der Waals surface area contributed by atoms with Crippen LogP contribution in [0.2, 0.25) is 0 Å². The second kappa shape index (κ2) is 6.52. The van der Waals surface area contributed by atoms with Gasteiger partial charge in [0.15, 0.2) is 0 Å². The molecular formula is C12H19NO4. The molecule has 0 aliphatic heterocycles. The Morgan fingerprint density at radius 3 is 2.35 bits per heavy atom. The van der Waals surface area contributed by atoms with Crippen LogP contribution in [-0.4, -0.2) is 42.3 Å². The number of nitrogens with zero attached hydrogens (tertiary/aromatic N) is 1. The molecule has 3 fully saturated rings. The number of rotatable bonds is 4. The lowest BCUT2D eigenvalue weighted by atomic mass is 9.60. The first kappa shape index (κ1) is 13.9. The largest absolute Gasteiger partial charge is 0.480 e. The first-order valence-electron chi connectivity index (χ1n) is 5.96. The Balaban J connectivity index is 0.000000437. The van der Waals surface area contributed by atoms with E-state index in [4.69, 9.17) is 14.7 Å². The van der Waals surface area contributed by atoms with Crippen LogP contribution in [-0.2, 0) is 14.4 Å². The van der Waals surface area contributed by atoms with Gasteiger partial charge in [-0.25, -0.2) is 0 Å². The average Bonchev–Trinajstić information content (AvgIpc) is 2.15. The van der Waals surface area contributed by atoms with Crippen molar-refractivity contribution in [3.8, 4) is 0 Å². The minimum Gasteiger partial charge on any atom is -0.480 e. The number of carbonyl (C=O) groups is 1. The Bertz CT molecular complexity index is 290. The van der Waals surface area contributed by atoms with E-state index in [0.29, 0.717) is 0 Å². The molecule has 0 aromatic rings. The number of carbonyl (C=O) groups excluding carboxylic acids is 2. The monoisotopic (exact) mass is 241 g/mol. The molecule has 3 rings (SSSR count). The minimum atomic E-state index is -0.713. The Morgan fingerprint density at radius 1 is 1.35 bits per heavy atom. The maximum Gasteiger partial charge on any atom is 0.373 e. The summed E-state index contributed by atoms with van der Waals surface area (Å²) in [6.45, 7) is 1.16. The van der Waals surface area contributed by atoms with Gasteiger partial charge in [0.2, 0.25) is 0 Å². The van der Waals surface area contributed by atoms with Crippen LogP contribution in [0.3, 0.4) is 0 Å². The molecule has 5 heteroatoms. The van der Waals surface area contributed by atoms with Crippen molar-refractivity contribution in [3.05, 3.63) is 0 Å². The fourth-order valence-corrected chi connectivity index (χ4v) is 3.03. The standard InChI is InChI=1S/C11H19NO2.CO2/c1-12(7-11(13)14)6-9-3-2-8-4-10(9)5-8;2-1-3/h8-10H,2-7H2,1H3,(H,13,14);/t8?,9-,10?;/m1./s1. The Hall–Kier alpha value is -1.19. The Kier molecular flexibility index (Phi) is 5.32. The van der Waals surface area contributed by atoms with E-state index in [1.54, 1.807) is 0 Å². The highest BCUT2D eigenvalue weighted by molar-refractivity contribution is 5.68. The smallest absolute Gasteiger partial charge is 0.373 e. The number of likely N-dealkylation sites (N-methyl/N-ethyl adjacent to an activating group) is 1. The molecule has 5 nitrogen and oxygen atoms in total. The topological polar surface area (TPSA) is 74.7 Å². The molecule has 3 aliphatic rings.